The molecule has 0 bridgehead atoms. The van der Waals surface area contributed by atoms with Crippen molar-refractivity contribution in [3.63, 3.8) is 0 Å². The molecule has 0 amide bonds. The van der Waals surface area contributed by atoms with Crippen LogP contribution in [0, 0.1) is 6.92 Å². The first-order valence-corrected chi connectivity index (χ1v) is 8.07. The van der Waals surface area contributed by atoms with Gasteiger partial charge in [-0.15, -0.1) is 0 Å². The Morgan fingerprint density at radius 1 is 1.29 bits per heavy atom. The predicted octanol–water partition coefficient (Wildman–Crippen LogP) is 5.10. The van der Waals surface area contributed by atoms with Gasteiger partial charge in [0.25, 0.3) is 0 Å². The summed E-state index contributed by atoms with van der Waals surface area (Å²) >= 11 is 9.35. The Kier molecular flexibility index (Phi) is 6.03. The molecule has 112 valence electrons. The van der Waals surface area contributed by atoms with E-state index in [1.807, 2.05) is 25.1 Å². The van der Waals surface area contributed by atoms with E-state index in [0.29, 0.717) is 16.7 Å². The number of aryl methyl sites for hydroxylation is 1. The maximum Gasteiger partial charge on any atom is 0.219 e. The highest BCUT2D eigenvalue weighted by atomic mass is 79.9. The van der Waals surface area contributed by atoms with Gasteiger partial charge in [0.05, 0.1) is 4.47 Å². The highest BCUT2D eigenvalue weighted by molar-refractivity contribution is 9.10. The number of pyridine rings is 1. The highest BCUT2D eigenvalue weighted by Gasteiger charge is 2.07. The fraction of sp³-hybridized carbons (Fsp3) is 0.312. The molecule has 0 saturated carbocycles. The molecule has 0 aliphatic rings. The number of hydrogen-bond acceptors (Lipinski definition) is 3. The Hall–Kier alpha value is -1.10. The summed E-state index contributed by atoms with van der Waals surface area (Å²) in [6.45, 7) is 5.98. The zero-order valence-corrected chi connectivity index (χ0v) is 14.5. The molecule has 0 radical (unpaired) electrons. The summed E-state index contributed by atoms with van der Waals surface area (Å²) in [5, 5.41) is 4.04. The summed E-state index contributed by atoms with van der Waals surface area (Å²) in [5.74, 6) is 1.28. The molecule has 2 rings (SSSR count). The smallest absolute Gasteiger partial charge is 0.219 e. The molecule has 0 atom stereocenters. The molecule has 0 aliphatic heterocycles. The Morgan fingerprint density at radius 3 is 2.76 bits per heavy atom. The van der Waals surface area contributed by atoms with Crippen LogP contribution in [0.1, 0.15) is 24.6 Å². The van der Waals surface area contributed by atoms with Crippen LogP contribution in [0.25, 0.3) is 0 Å². The average Bonchev–Trinajstić information content (AvgIpc) is 2.44. The summed E-state index contributed by atoms with van der Waals surface area (Å²) in [6.07, 6.45) is 1.12. The Morgan fingerprint density at radius 2 is 2.10 bits per heavy atom. The van der Waals surface area contributed by atoms with E-state index < -0.39 is 0 Å². The quantitative estimate of drug-likeness (QED) is 0.719. The van der Waals surface area contributed by atoms with Gasteiger partial charge in [-0.3, -0.25) is 0 Å². The van der Waals surface area contributed by atoms with Crippen LogP contribution in [0.4, 0.5) is 0 Å². The normalized spacial score (nSPS) is 10.7. The highest BCUT2D eigenvalue weighted by Crippen LogP contribution is 2.31. The molecular formula is C16H18BrClN2O. The number of ether oxygens (including phenoxy) is 1. The number of benzene rings is 1. The third kappa shape index (κ3) is 4.70. The minimum atomic E-state index is 0.578. The van der Waals surface area contributed by atoms with Gasteiger partial charge in [-0.25, -0.2) is 4.98 Å². The summed E-state index contributed by atoms with van der Waals surface area (Å²) in [6, 6.07) is 9.34. The van der Waals surface area contributed by atoms with Gasteiger partial charge in [-0.1, -0.05) is 24.6 Å². The van der Waals surface area contributed by atoms with Crippen LogP contribution in [-0.2, 0) is 6.54 Å². The SMILES string of the molecule is CCCNCc1ccc(Oc2ccc(Cl)cc2Br)nc1C. The topological polar surface area (TPSA) is 34.1 Å². The standard InChI is InChI=1S/C16H18BrClN2O/c1-3-8-19-10-12-4-7-16(20-11(12)2)21-15-6-5-13(18)9-14(15)17/h4-7,9,19H,3,8,10H2,1-2H3. The second-order valence-corrected chi connectivity index (χ2v) is 6.04. The van der Waals surface area contributed by atoms with Gasteiger partial charge in [0.1, 0.15) is 5.75 Å². The van der Waals surface area contributed by atoms with Gasteiger partial charge in [0.15, 0.2) is 0 Å². The van der Waals surface area contributed by atoms with Gasteiger partial charge in [0.2, 0.25) is 5.88 Å². The van der Waals surface area contributed by atoms with Gasteiger partial charge >= 0.3 is 0 Å². The zero-order valence-electron chi connectivity index (χ0n) is 12.1. The molecule has 3 nitrogen and oxygen atoms in total. The van der Waals surface area contributed by atoms with Gasteiger partial charge in [-0.05, 0) is 59.6 Å². The van der Waals surface area contributed by atoms with E-state index in [0.717, 1.165) is 29.7 Å². The van der Waals surface area contributed by atoms with Gasteiger partial charge in [-0.2, -0.15) is 0 Å². The van der Waals surface area contributed by atoms with Gasteiger partial charge in [0, 0.05) is 23.3 Å². The lowest BCUT2D eigenvalue weighted by molar-refractivity contribution is 0.458. The van der Waals surface area contributed by atoms with Crippen molar-refractivity contribution in [2.45, 2.75) is 26.8 Å². The third-order valence-electron chi connectivity index (χ3n) is 3.02. The van der Waals surface area contributed by atoms with Crippen LogP contribution in [0.15, 0.2) is 34.8 Å². The molecular weight excluding hydrogens is 352 g/mol. The van der Waals surface area contributed by atoms with Crippen molar-refractivity contribution in [1.82, 2.24) is 10.3 Å². The van der Waals surface area contributed by atoms with E-state index in [4.69, 9.17) is 16.3 Å². The third-order valence-corrected chi connectivity index (χ3v) is 3.88. The van der Waals surface area contributed by atoms with Crippen molar-refractivity contribution in [3.05, 3.63) is 51.1 Å². The number of nitrogens with one attached hydrogen (secondary N) is 1. The molecule has 2 aromatic rings. The first-order chi connectivity index (χ1) is 10.1. The maximum atomic E-state index is 5.92. The lowest BCUT2D eigenvalue weighted by atomic mass is 10.2. The molecule has 0 saturated heterocycles. The van der Waals surface area contributed by atoms with E-state index in [1.54, 1.807) is 12.1 Å². The molecule has 0 fully saturated rings. The van der Waals surface area contributed by atoms with Crippen LogP contribution in [0.2, 0.25) is 5.02 Å². The van der Waals surface area contributed by atoms with Crippen molar-refractivity contribution in [1.29, 1.82) is 0 Å². The van der Waals surface area contributed by atoms with Crippen LogP contribution < -0.4 is 10.1 Å². The minimum absolute atomic E-state index is 0.578. The number of hydrogen-bond donors (Lipinski definition) is 1. The Balaban J connectivity index is 2.09. The summed E-state index contributed by atoms with van der Waals surface area (Å²) in [4.78, 5) is 4.49. The summed E-state index contributed by atoms with van der Waals surface area (Å²) in [5.41, 5.74) is 2.16. The van der Waals surface area contributed by atoms with Gasteiger partial charge < -0.3 is 10.1 Å². The second kappa shape index (κ2) is 7.78. The van der Waals surface area contributed by atoms with Crippen molar-refractivity contribution in [3.8, 4) is 11.6 Å². The molecule has 5 heteroatoms. The predicted molar refractivity (Wildman–Crippen MR) is 90.2 cm³/mol. The Bertz CT molecular complexity index is 619. The second-order valence-electron chi connectivity index (χ2n) is 4.75. The van der Waals surface area contributed by atoms with Crippen molar-refractivity contribution >= 4 is 27.5 Å². The van der Waals surface area contributed by atoms with E-state index in [1.165, 1.54) is 5.56 Å². The first kappa shape index (κ1) is 16.3. The summed E-state index contributed by atoms with van der Waals surface area (Å²) < 4.78 is 6.60. The number of nitrogens with zero attached hydrogens (tertiary/aromatic N) is 1. The van der Waals surface area contributed by atoms with E-state index in [9.17, 15) is 0 Å². The first-order valence-electron chi connectivity index (χ1n) is 6.90. The van der Waals surface area contributed by atoms with E-state index in [2.05, 4.69) is 33.2 Å². The minimum Gasteiger partial charge on any atom is -0.438 e. The maximum absolute atomic E-state index is 5.92. The Labute approximate surface area is 138 Å². The number of rotatable bonds is 6. The zero-order chi connectivity index (χ0) is 15.2. The van der Waals surface area contributed by atoms with Crippen LogP contribution in [-0.4, -0.2) is 11.5 Å². The fourth-order valence-electron chi connectivity index (χ4n) is 1.88. The average molecular weight is 370 g/mol. The molecule has 1 aromatic heterocycles. The molecule has 0 spiro atoms. The number of aromatic nitrogens is 1. The number of halogens is 2. The largest absolute Gasteiger partial charge is 0.438 e. The lowest BCUT2D eigenvalue weighted by Gasteiger charge is -2.10. The van der Waals surface area contributed by atoms with Crippen LogP contribution >= 0.6 is 27.5 Å². The summed E-state index contributed by atoms with van der Waals surface area (Å²) in [7, 11) is 0. The molecule has 0 aliphatic carbocycles. The fourth-order valence-corrected chi connectivity index (χ4v) is 2.64. The van der Waals surface area contributed by atoms with Crippen molar-refractivity contribution in [2.75, 3.05) is 6.54 Å². The molecule has 1 N–H and O–H groups in total. The van der Waals surface area contributed by atoms with Crippen molar-refractivity contribution < 1.29 is 4.74 Å². The van der Waals surface area contributed by atoms with Crippen molar-refractivity contribution in [2.24, 2.45) is 0 Å². The van der Waals surface area contributed by atoms with E-state index >= 15 is 0 Å². The molecule has 1 aromatic carbocycles. The monoisotopic (exact) mass is 368 g/mol. The molecule has 0 unspecified atom stereocenters. The van der Waals surface area contributed by atoms with E-state index in [-0.39, 0.29) is 0 Å². The van der Waals surface area contributed by atoms with Crippen LogP contribution in [0.5, 0.6) is 11.6 Å². The lowest BCUT2D eigenvalue weighted by Crippen LogP contribution is -2.15. The molecule has 1 heterocycles. The van der Waals surface area contributed by atoms with Crippen LogP contribution in [0.3, 0.4) is 0 Å². The molecule has 21 heavy (non-hydrogen) atoms.